The largest absolute Gasteiger partial charge is 0.310 e. The van der Waals surface area contributed by atoms with Crippen LogP contribution in [0.4, 0.5) is 0 Å². The van der Waals surface area contributed by atoms with Crippen LogP contribution in [-0.4, -0.2) is 6.54 Å². The fourth-order valence-corrected chi connectivity index (χ4v) is 3.94. The van der Waals surface area contributed by atoms with Crippen LogP contribution in [0.3, 0.4) is 0 Å². The van der Waals surface area contributed by atoms with E-state index in [4.69, 9.17) is 11.6 Å². The van der Waals surface area contributed by atoms with Gasteiger partial charge in [0, 0.05) is 11.1 Å². The fraction of sp³-hybridized carbons (Fsp3) is 0.684. The molecule has 2 heteroatoms. The maximum absolute atomic E-state index is 6.13. The van der Waals surface area contributed by atoms with Crippen LogP contribution in [0.2, 0.25) is 5.02 Å². The molecule has 0 amide bonds. The van der Waals surface area contributed by atoms with Crippen LogP contribution in [0, 0.1) is 24.7 Å². The lowest BCUT2D eigenvalue weighted by atomic mass is 9.71. The van der Waals surface area contributed by atoms with Crippen molar-refractivity contribution in [1.82, 2.24) is 5.32 Å². The fourth-order valence-electron chi connectivity index (χ4n) is 3.71. The van der Waals surface area contributed by atoms with Gasteiger partial charge < -0.3 is 5.32 Å². The van der Waals surface area contributed by atoms with E-state index in [1.165, 1.54) is 36.8 Å². The Morgan fingerprint density at radius 1 is 1.24 bits per heavy atom. The predicted octanol–water partition coefficient (Wildman–Crippen LogP) is 5.76. The molecule has 1 N–H and O–H groups in total. The topological polar surface area (TPSA) is 12.0 Å². The van der Waals surface area contributed by atoms with E-state index in [0.717, 1.165) is 29.3 Å². The molecule has 4 atom stereocenters. The van der Waals surface area contributed by atoms with Crippen molar-refractivity contribution in [2.75, 3.05) is 6.54 Å². The normalized spacial score (nSPS) is 27.6. The maximum Gasteiger partial charge on any atom is 0.0408 e. The summed E-state index contributed by atoms with van der Waals surface area (Å²) in [6.07, 6.45) is 5.23. The number of halogens is 1. The molecule has 0 aromatic heterocycles. The summed E-state index contributed by atoms with van der Waals surface area (Å²) in [6, 6.07) is 6.86. The molecular formula is C19H30ClN. The molecule has 1 aromatic carbocycles. The van der Waals surface area contributed by atoms with Crippen molar-refractivity contribution in [3.05, 3.63) is 34.3 Å². The van der Waals surface area contributed by atoms with Crippen molar-refractivity contribution in [3.8, 4) is 0 Å². The van der Waals surface area contributed by atoms with Gasteiger partial charge in [-0.2, -0.15) is 0 Å². The van der Waals surface area contributed by atoms with E-state index in [1.54, 1.807) is 0 Å². The Morgan fingerprint density at radius 2 is 2.00 bits per heavy atom. The Kier molecular flexibility index (Phi) is 6.13. The third-order valence-electron chi connectivity index (χ3n) is 5.29. The van der Waals surface area contributed by atoms with E-state index in [1.807, 2.05) is 6.07 Å². The molecule has 0 aliphatic heterocycles. The number of nitrogens with one attached hydrogen (secondary N) is 1. The second kappa shape index (κ2) is 7.65. The summed E-state index contributed by atoms with van der Waals surface area (Å²) >= 11 is 6.13. The molecule has 1 aliphatic carbocycles. The molecule has 118 valence electrons. The van der Waals surface area contributed by atoms with Gasteiger partial charge in [0.2, 0.25) is 0 Å². The summed E-state index contributed by atoms with van der Waals surface area (Å²) < 4.78 is 0. The first-order valence-electron chi connectivity index (χ1n) is 8.52. The Balaban J connectivity index is 2.21. The van der Waals surface area contributed by atoms with E-state index in [-0.39, 0.29) is 0 Å². The van der Waals surface area contributed by atoms with Gasteiger partial charge in [-0.05, 0) is 73.7 Å². The lowest BCUT2D eigenvalue weighted by molar-refractivity contribution is 0.171. The van der Waals surface area contributed by atoms with Crippen molar-refractivity contribution in [2.24, 2.45) is 17.8 Å². The first-order valence-corrected chi connectivity index (χ1v) is 8.90. The minimum Gasteiger partial charge on any atom is -0.310 e. The summed E-state index contributed by atoms with van der Waals surface area (Å²) in [5.74, 6) is 2.46. The van der Waals surface area contributed by atoms with Gasteiger partial charge in [-0.1, -0.05) is 44.9 Å². The second-order valence-corrected chi connectivity index (χ2v) is 7.40. The zero-order valence-electron chi connectivity index (χ0n) is 14.0. The second-order valence-electron chi connectivity index (χ2n) is 6.96. The smallest absolute Gasteiger partial charge is 0.0408 e. The van der Waals surface area contributed by atoms with Gasteiger partial charge in [-0.25, -0.2) is 0 Å². The van der Waals surface area contributed by atoms with Gasteiger partial charge in [0.05, 0.1) is 0 Å². The Morgan fingerprint density at radius 3 is 2.62 bits per heavy atom. The number of rotatable bonds is 5. The Hall–Kier alpha value is -0.530. The van der Waals surface area contributed by atoms with Crippen molar-refractivity contribution in [1.29, 1.82) is 0 Å². The molecular weight excluding hydrogens is 278 g/mol. The Bertz CT molecular complexity index is 457. The van der Waals surface area contributed by atoms with Crippen LogP contribution in [0.25, 0.3) is 0 Å². The summed E-state index contributed by atoms with van der Waals surface area (Å²) in [4.78, 5) is 0. The van der Waals surface area contributed by atoms with E-state index >= 15 is 0 Å². The molecule has 1 aliphatic rings. The lowest BCUT2D eigenvalue weighted by Crippen LogP contribution is -2.34. The van der Waals surface area contributed by atoms with Crippen molar-refractivity contribution in [3.63, 3.8) is 0 Å². The number of benzene rings is 1. The highest BCUT2D eigenvalue weighted by molar-refractivity contribution is 6.30. The summed E-state index contributed by atoms with van der Waals surface area (Å²) in [6.45, 7) is 10.3. The number of hydrogen-bond donors (Lipinski definition) is 1. The van der Waals surface area contributed by atoms with Gasteiger partial charge in [-0.15, -0.1) is 0 Å². The van der Waals surface area contributed by atoms with Gasteiger partial charge >= 0.3 is 0 Å². The molecule has 1 saturated carbocycles. The minimum atomic E-state index is 0.483. The highest BCUT2D eigenvalue weighted by atomic mass is 35.5. The average molecular weight is 308 g/mol. The third-order valence-corrected chi connectivity index (χ3v) is 5.53. The molecule has 1 aromatic rings. The monoisotopic (exact) mass is 307 g/mol. The molecule has 0 radical (unpaired) electrons. The quantitative estimate of drug-likeness (QED) is 0.729. The summed E-state index contributed by atoms with van der Waals surface area (Å²) in [7, 11) is 0. The van der Waals surface area contributed by atoms with Crippen LogP contribution >= 0.6 is 11.6 Å². The molecule has 0 heterocycles. The van der Waals surface area contributed by atoms with Gasteiger partial charge in [-0.3, -0.25) is 0 Å². The average Bonchev–Trinajstić information content (AvgIpc) is 2.44. The van der Waals surface area contributed by atoms with Crippen molar-refractivity contribution >= 4 is 11.6 Å². The maximum atomic E-state index is 6.13. The van der Waals surface area contributed by atoms with E-state index in [0.29, 0.717) is 6.04 Å². The number of hydrogen-bond acceptors (Lipinski definition) is 1. The van der Waals surface area contributed by atoms with Crippen molar-refractivity contribution < 1.29 is 0 Å². The highest BCUT2D eigenvalue weighted by Gasteiger charge is 2.31. The molecule has 0 saturated heterocycles. The summed E-state index contributed by atoms with van der Waals surface area (Å²) in [5.41, 5.74) is 2.77. The molecule has 1 nitrogen and oxygen atoms in total. The molecule has 21 heavy (non-hydrogen) atoms. The SMILES string of the molecule is CCCNC(c1ccc(Cl)cc1C)C1CCC(C)C(C)C1. The molecule has 2 rings (SSSR count). The molecule has 0 bridgehead atoms. The van der Waals surface area contributed by atoms with Crippen LogP contribution in [-0.2, 0) is 0 Å². The van der Waals surface area contributed by atoms with E-state index in [9.17, 15) is 0 Å². The van der Waals surface area contributed by atoms with Crippen LogP contribution in [0.5, 0.6) is 0 Å². The molecule has 1 fully saturated rings. The van der Waals surface area contributed by atoms with Crippen LogP contribution in [0.15, 0.2) is 18.2 Å². The van der Waals surface area contributed by atoms with Gasteiger partial charge in [0.1, 0.15) is 0 Å². The van der Waals surface area contributed by atoms with Crippen molar-refractivity contribution in [2.45, 2.75) is 59.4 Å². The van der Waals surface area contributed by atoms with Gasteiger partial charge in [0.15, 0.2) is 0 Å². The van der Waals surface area contributed by atoms with E-state index < -0.39 is 0 Å². The predicted molar refractivity (Wildman–Crippen MR) is 92.9 cm³/mol. The van der Waals surface area contributed by atoms with Crippen LogP contribution < -0.4 is 5.32 Å². The van der Waals surface area contributed by atoms with Crippen LogP contribution in [0.1, 0.15) is 63.6 Å². The minimum absolute atomic E-state index is 0.483. The molecule has 0 spiro atoms. The summed E-state index contributed by atoms with van der Waals surface area (Å²) in [5, 5.41) is 4.65. The Labute approximate surface area is 135 Å². The third kappa shape index (κ3) is 4.23. The first-order chi connectivity index (χ1) is 10.0. The highest BCUT2D eigenvalue weighted by Crippen LogP contribution is 2.40. The molecule has 4 unspecified atom stereocenters. The lowest BCUT2D eigenvalue weighted by Gasteiger charge is -2.38. The van der Waals surface area contributed by atoms with Gasteiger partial charge in [0.25, 0.3) is 0 Å². The zero-order valence-corrected chi connectivity index (χ0v) is 14.7. The number of aryl methyl sites for hydroxylation is 1. The van der Waals surface area contributed by atoms with E-state index in [2.05, 4.69) is 45.1 Å². The zero-order chi connectivity index (χ0) is 15.4. The standard InChI is InChI=1S/C19H30ClN/c1-5-10-21-19(16-7-6-13(2)14(3)11-16)18-9-8-17(20)12-15(18)4/h8-9,12-14,16,19,21H,5-7,10-11H2,1-4H3. The first kappa shape index (κ1) is 16.8.